The van der Waals surface area contributed by atoms with Crippen LogP contribution in [-0.2, 0) is 17.8 Å². The molecule has 0 saturated heterocycles. The van der Waals surface area contributed by atoms with Gasteiger partial charge in [0.15, 0.2) is 0 Å². The van der Waals surface area contributed by atoms with Gasteiger partial charge in [0, 0.05) is 17.8 Å². The number of hydrogen-bond acceptors (Lipinski definition) is 3. The Balaban J connectivity index is 2.38. The molecule has 13 heavy (non-hydrogen) atoms. The lowest BCUT2D eigenvalue weighted by Crippen LogP contribution is -2.11. The van der Waals surface area contributed by atoms with Crippen molar-refractivity contribution in [2.45, 2.75) is 32.7 Å². The average molecular weight is 180 g/mol. The van der Waals surface area contributed by atoms with E-state index in [1.54, 1.807) is 0 Å². The van der Waals surface area contributed by atoms with Gasteiger partial charge in [-0.15, -0.1) is 5.10 Å². The number of carbonyl (C=O) groups is 1. The highest BCUT2D eigenvalue weighted by molar-refractivity contribution is 5.46. The van der Waals surface area contributed by atoms with Crippen LogP contribution in [0.25, 0.3) is 0 Å². The highest BCUT2D eigenvalue weighted by Crippen LogP contribution is 2.24. The second kappa shape index (κ2) is 3.20. The van der Waals surface area contributed by atoms with Crippen LogP contribution in [0.4, 0.5) is 0 Å². The molecule has 70 valence electrons. The number of rotatable bonds is 2. The summed E-state index contributed by atoms with van der Waals surface area (Å²) in [6, 6.07) is 0. The molecule has 0 bridgehead atoms. The van der Waals surface area contributed by atoms with Gasteiger partial charge >= 0.3 is 0 Å². The summed E-state index contributed by atoms with van der Waals surface area (Å²) in [5, 5.41) is 4.20. The number of hydrogen-bond donors (Lipinski definition) is 0. The molecular formula is C9H12N2O2. The van der Waals surface area contributed by atoms with E-state index in [2.05, 4.69) is 5.10 Å². The number of aromatic nitrogens is 2. The molecular weight excluding hydrogens is 168 g/mol. The van der Waals surface area contributed by atoms with E-state index < -0.39 is 0 Å². The van der Waals surface area contributed by atoms with E-state index in [4.69, 9.17) is 4.74 Å². The summed E-state index contributed by atoms with van der Waals surface area (Å²) in [6.45, 7) is 3.32. The molecule has 2 heterocycles. The third kappa shape index (κ3) is 1.32. The van der Waals surface area contributed by atoms with Crippen LogP contribution in [0, 0.1) is 6.92 Å². The van der Waals surface area contributed by atoms with E-state index in [1.807, 2.05) is 11.6 Å². The van der Waals surface area contributed by atoms with E-state index in [0.29, 0.717) is 12.4 Å². The average Bonchev–Trinajstić information content (AvgIpc) is 2.46. The highest BCUT2D eigenvalue weighted by Gasteiger charge is 2.17. The molecule has 0 unspecified atom stereocenters. The van der Waals surface area contributed by atoms with Gasteiger partial charge in [-0.1, -0.05) is 0 Å². The van der Waals surface area contributed by atoms with Gasteiger partial charge < -0.3 is 4.74 Å². The number of aryl methyl sites for hydroxylation is 1. The van der Waals surface area contributed by atoms with Crippen LogP contribution in [0.3, 0.4) is 0 Å². The first kappa shape index (κ1) is 8.29. The Hall–Kier alpha value is -1.32. The van der Waals surface area contributed by atoms with Crippen LogP contribution < -0.4 is 4.74 Å². The molecule has 0 amide bonds. The zero-order chi connectivity index (χ0) is 9.26. The topological polar surface area (TPSA) is 44.1 Å². The summed E-state index contributed by atoms with van der Waals surface area (Å²) < 4.78 is 6.72. The second-order valence-corrected chi connectivity index (χ2v) is 3.27. The van der Waals surface area contributed by atoms with Crippen LogP contribution in [0.5, 0.6) is 5.88 Å². The molecule has 0 aliphatic carbocycles. The Morgan fingerprint density at radius 2 is 2.38 bits per heavy atom. The predicted octanol–water partition coefficient (Wildman–Crippen LogP) is 1.06. The van der Waals surface area contributed by atoms with Crippen molar-refractivity contribution in [2.24, 2.45) is 0 Å². The molecule has 4 heteroatoms. The van der Waals surface area contributed by atoms with Crippen LogP contribution in [0.2, 0.25) is 0 Å². The predicted molar refractivity (Wildman–Crippen MR) is 46.6 cm³/mol. The van der Waals surface area contributed by atoms with Crippen molar-refractivity contribution in [2.75, 3.05) is 0 Å². The van der Waals surface area contributed by atoms with Gasteiger partial charge in [-0.2, -0.15) is 0 Å². The Morgan fingerprint density at radius 3 is 3.08 bits per heavy atom. The normalized spacial score (nSPS) is 15.2. The fourth-order valence-electron chi connectivity index (χ4n) is 1.78. The maximum absolute atomic E-state index is 10.2. The van der Waals surface area contributed by atoms with E-state index in [0.717, 1.165) is 24.9 Å². The zero-order valence-electron chi connectivity index (χ0n) is 7.62. The minimum Gasteiger partial charge on any atom is -0.408 e. The van der Waals surface area contributed by atoms with Gasteiger partial charge in [-0.3, -0.25) is 9.48 Å². The monoisotopic (exact) mass is 180 g/mol. The number of ether oxygens (including phenoxy) is 1. The Kier molecular flexibility index (Phi) is 2.04. The fraction of sp³-hybridized carbons (Fsp3) is 0.556. The first-order valence-electron chi connectivity index (χ1n) is 4.49. The molecule has 4 nitrogen and oxygen atoms in total. The Bertz CT molecular complexity index is 331. The van der Waals surface area contributed by atoms with Crippen molar-refractivity contribution in [3.63, 3.8) is 0 Å². The van der Waals surface area contributed by atoms with Gasteiger partial charge in [0.1, 0.15) is 0 Å². The molecule has 1 aliphatic rings. The van der Waals surface area contributed by atoms with Crippen LogP contribution in [0.1, 0.15) is 24.1 Å². The van der Waals surface area contributed by atoms with E-state index in [-0.39, 0.29) is 0 Å². The fourth-order valence-corrected chi connectivity index (χ4v) is 1.78. The molecule has 1 aliphatic heterocycles. The first-order chi connectivity index (χ1) is 6.33. The largest absolute Gasteiger partial charge is 0.408 e. The van der Waals surface area contributed by atoms with Crippen molar-refractivity contribution >= 4 is 6.47 Å². The van der Waals surface area contributed by atoms with Crippen molar-refractivity contribution in [1.82, 2.24) is 9.78 Å². The van der Waals surface area contributed by atoms with Crippen LogP contribution in [-0.4, -0.2) is 16.3 Å². The lowest BCUT2D eigenvalue weighted by atomic mass is 10.1. The third-order valence-corrected chi connectivity index (χ3v) is 2.47. The van der Waals surface area contributed by atoms with Crippen molar-refractivity contribution in [3.8, 4) is 5.88 Å². The molecule has 0 atom stereocenters. The number of fused-ring (bicyclic) bond motifs is 1. The summed E-state index contributed by atoms with van der Waals surface area (Å²) in [7, 11) is 0. The minimum absolute atomic E-state index is 0.432. The SMILES string of the molecule is Cc1c(OC=O)nn2c1CCCC2. The second-order valence-electron chi connectivity index (χ2n) is 3.27. The van der Waals surface area contributed by atoms with E-state index in [9.17, 15) is 4.79 Å². The third-order valence-electron chi connectivity index (χ3n) is 2.47. The number of carbonyl (C=O) groups excluding carboxylic acids is 1. The lowest BCUT2D eigenvalue weighted by Gasteiger charge is -2.12. The van der Waals surface area contributed by atoms with Crippen molar-refractivity contribution in [3.05, 3.63) is 11.3 Å². The molecule has 0 fully saturated rings. The van der Waals surface area contributed by atoms with E-state index in [1.165, 1.54) is 12.1 Å². The summed E-state index contributed by atoms with van der Waals surface area (Å²) in [6.07, 6.45) is 3.41. The Labute approximate surface area is 76.5 Å². The molecule has 0 spiro atoms. The molecule has 1 aromatic rings. The smallest absolute Gasteiger partial charge is 0.299 e. The molecule has 0 N–H and O–H groups in total. The summed E-state index contributed by atoms with van der Waals surface area (Å²) in [5.41, 5.74) is 2.22. The quantitative estimate of drug-likeness (QED) is 0.639. The summed E-state index contributed by atoms with van der Waals surface area (Å²) in [5.74, 6) is 0.465. The first-order valence-corrected chi connectivity index (χ1v) is 4.49. The van der Waals surface area contributed by atoms with Gasteiger partial charge in [0.2, 0.25) is 5.88 Å². The maximum Gasteiger partial charge on any atom is 0.299 e. The molecule has 0 aromatic carbocycles. The standard InChI is InChI=1S/C9H12N2O2/c1-7-8-4-2-3-5-11(8)10-9(7)13-6-12/h6H,2-5H2,1H3. The van der Waals surface area contributed by atoms with Crippen LogP contribution in [0.15, 0.2) is 0 Å². The lowest BCUT2D eigenvalue weighted by molar-refractivity contribution is -0.121. The number of nitrogens with zero attached hydrogens (tertiary/aromatic N) is 2. The molecule has 1 aromatic heterocycles. The Morgan fingerprint density at radius 1 is 1.54 bits per heavy atom. The van der Waals surface area contributed by atoms with Gasteiger partial charge in [-0.05, 0) is 26.2 Å². The zero-order valence-corrected chi connectivity index (χ0v) is 7.62. The van der Waals surface area contributed by atoms with Gasteiger partial charge in [0.05, 0.1) is 0 Å². The van der Waals surface area contributed by atoms with Crippen LogP contribution >= 0.6 is 0 Å². The molecule has 0 saturated carbocycles. The summed E-state index contributed by atoms with van der Waals surface area (Å²) >= 11 is 0. The van der Waals surface area contributed by atoms with Gasteiger partial charge in [0.25, 0.3) is 6.47 Å². The summed E-state index contributed by atoms with van der Waals surface area (Å²) in [4.78, 5) is 10.2. The minimum atomic E-state index is 0.432. The molecule has 0 radical (unpaired) electrons. The van der Waals surface area contributed by atoms with E-state index >= 15 is 0 Å². The molecule has 2 rings (SSSR count). The van der Waals surface area contributed by atoms with Crippen molar-refractivity contribution in [1.29, 1.82) is 0 Å². The van der Waals surface area contributed by atoms with Crippen molar-refractivity contribution < 1.29 is 9.53 Å². The maximum atomic E-state index is 10.2. The van der Waals surface area contributed by atoms with Gasteiger partial charge in [-0.25, -0.2) is 0 Å². The highest BCUT2D eigenvalue weighted by atomic mass is 16.5.